The third-order valence-electron chi connectivity index (χ3n) is 6.28. The normalized spacial score (nSPS) is 19.1. The average Bonchev–Trinajstić information content (AvgIpc) is 2.75. The maximum absolute atomic E-state index is 6.21. The van der Waals surface area contributed by atoms with Gasteiger partial charge in [-0.15, -0.1) is 0 Å². The molecule has 1 saturated carbocycles. The van der Waals surface area contributed by atoms with E-state index >= 15 is 0 Å². The summed E-state index contributed by atoms with van der Waals surface area (Å²) < 4.78 is 13.0. The summed E-state index contributed by atoms with van der Waals surface area (Å²) in [5.74, 6) is 2.99. The lowest BCUT2D eigenvalue weighted by Gasteiger charge is -2.26. The molecular formula is C25H29BrN2O2. The molecule has 0 N–H and O–H groups in total. The van der Waals surface area contributed by atoms with E-state index in [1.807, 2.05) is 12.1 Å². The number of hydrogen-bond acceptors (Lipinski definition) is 4. The monoisotopic (exact) mass is 468 g/mol. The molecule has 5 heteroatoms. The van der Waals surface area contributed by atoms with E-state index < -0.39 is 0 Å². The van der Waals surface area contributed by atoms with Crippen molar-refractivity contribution < 1.29 is 9.47 Å². The number of nitrogens with zero attached hydrogens (tertiary/aromatic N) is 2. The van der Waals surface area contributed by atoms with E-state index in [1.165, 1.54) is 36.8 Å². The van der Waals surface area contributed by atoms with Crippen LogP contribution in [0.3, 0.4) is 0 Å². The van der Waals surface area contributed by atoms with E-state index in [0.29, 0.717) is 5.92 Å². The van der Waals surface area contributed by atoms with Crippen molar-refractivity contribution >= 4 is 26.8 Å². The van der Waals surface area contributed by atoms with Crippen molar-refractivity contribution in [1.29, 1.82) is 0 Å². The summed E-state index contributed by atoms with van der Waals surface area (Å²) in [6.45, 7) is 5.21. The molecule has 1 aromatic heterocycles. The first-order valence-electron chi connectivity index (χ1n) is 10.7. The summed E-state index contributed by atoms with van der Waals surface area (Å²) in [5, 5.41) is 1.01. The fourth-order valence-corrected chi connectivity index (χ4v) is 4.75. The lowest BCUT2D eigenvalue weighted by Crippen LogP contribution is -2.19. The molecule has 3 aromatic rings. The van der Waals surface area contributed by atoms with Crippen LogP contribution in [0.25, 0.3) is 10.9 Å². The molecule has 2 aromatic carbocycles. The van der Waals surface area contributed by atoms with Crippen molar-refractivity contribution in [3.8, 4) is 11.5 Å². The van der Waals surface area contributed by atoms with Gasteiger partial charge in [-0.05, 0) is 60.9 Å². The fraction of sp³-hybridized carbons (Fsp3) is 0.440. The molecule has 0 unspecified atom stereocenters. The molecule has 0 bridgehead atoms. The second kappa shape index (κ2) is 9.34. The summed E-state index contributed by atoms with van der Waals surface area (Å²) in [4.78, 5) is 9.08. The lowest BCUT2D eigenvalue weighted by molar-refractivity contribution is 0.183. The van der Waals surface area contributed by atoms with E-state index in [-0.39, 0.29) is 0 Å². The molecular weight excluding hydrogens is 440 g/mol. The Kier molecular flexibility index (Phi) is 6.57. The molecule has 0 saturated heterocycles. The van der Waals surface area contributed by atoms with Gasteiger partial charge in [-0.1, -0.05) is 41.8 Å². The first-order valence-corrected chi connectivity index (χ1v) is 11.5. The van der Waals surface area contributed by atoms with Crippen LogP contribution in [0.4, 0.5) is 0 Å². The second-order valence-corrected chi connectivity index (χ2v) is 9.44. The Morgan fingerprint density at radius 3 is 2.57 bits per heavy atom. The number of benzene rings is 2. The van der Waals surface area contributed by atoms with Gasteiger partial charge in [-0.2, -0.15) is 0 Å². The van der Waals surface area contributed by atoms with Crippen molar-refractivity contribution in [2.45, 2.75) is 46.0 Å². The molecule has 0 radical (unpaired) electrons. The van der Waals surface area contributed by atoms with Crippen molar-refractivity contribution in [3.05, 3.63) is 58.0 Å². The number of ether oxygens (including phenoxy) is 2. The number of methoxy groups -OCH3 is 1. The zero-order valence-electron chi connectivity index (χ0n) is 18.0. The van der Waals surface area contributed by atoms with E-state index in [4.69, 9.17) is 9.47 Å². The van der Waals surface area contributed by atoms with Crippen molar-refractivity contribution in [2.75, 3.05) is 13.7 Å². The third-order valence-corrected chi connectivity index (χ3v) is 6.77. The largest absolute Gasteiger partial charge is 0.493 e. The third kappa shape index (κ3) is 4.77. The van der Waals surface area contributed by atoms with Gasteiger partial charge in [0.15, 0.2) is 11.5 Å². The van der Waals surface area contributed by atoms with Gasteiger partial charge < -0.3 is 9.47 Å². The van der Waals surface area contributed by atoms with Gasteiger partial charge in [0.05, 0.1) is 24.9 Å². The van der Waals surface area contributed by atoms with Crippen LogP contribution in [-0.4, -0.2) is 23.7 Å². The summed E-state index contributed by atoms with van der Waals surface area (Å²) >= 11 is 3.54. The quantitative estimate of drug-likeness (QED) is 0.413. The molecule has 1 fully saturated rings. The van der Waals surface area contributed by atoms with Crippen LogP contribution in [0.2, 0.25) is 0 Å². The molecule has 4 rings (SSSR count). The molecule has 1 aliphatic carbocycles. The van der Waals surface area contributed by atoms with Crippen LogP contribution in [-0.2, 0) is 6.42 Å². The zero-order chi connectivity index (χ0) is 21.1. The van der Waals surface area contributed by atoms with E-state index in [1.54, 1.807) is 13.4 Å². The van der Waals surface area contributed by atoms with E-state index in [2.05, 4.69) is 57.9 Å². The lowest BCUT2D eigenvalue weighted by atomic mass is 9.83. The van der Waals surface area contributed by atoms with Crippen molar-refractivity contribution in [1.82, 2.24) is 9.97 Å². The molecule has 1 heterocycles. The van der Waals surface area contributed by atoms with Crippen LogP contribution in [0.5, 0.6) is 11.5 Å². The summed E-state index contributed by atoms with van der Waals surface area (Å²) in [6, 6.07) is 10.4. The van der Waals surface area contributed by atoms with Crippen LogP contribution >= 0.6 is 15.9 Å². The Morgan fingerprint density at radius 1 is 1.03 bits per heavy atom. The minimum Gasteiger partial charge on any atom is -0.493 e. The van der Waals surface area contributed by atoms with Gasteiger partial charge in [-0.3, -0.25) is 0 Å². The molecule has 4 nitrogen and oxygen atoms in total. The van der Waals surface area contributed by atoms with Crippen LogP contribution in [0.15, 0.2) is 41.1 Å². The van der Waals surface area contributed by atoms with Gasteiger partial charge in [0.25, 0.3) is 0 Å². The standard InChI is InChI=1S/C25H29BrN2O2/c1-16-4-6-18(7-5-16)14-30-25-13-23-21(12-24(25)29-3)22(27-15-28-23)11-19-8-9-20(26)10-17(19)2/h8-10,12-13,15-16,18H,4-7,11,14H2,1-3H3. The van der Waals surface area contributed by atoms with Crippen molar-refractivity contribution in [2.24, 2.45) is 11.8 Å². The number of aromatic nitrogens is 2. The second-order valence-electron chi connectivity index (χ2n) is 8.53. The Labute approximate surface area is 187 Å². The Hall–Kier alpha value is -2.14. The molecule has 30 heavy (non-hydrogen) atoms. The zero-order valence-corrected chi connectivity index (χ0v) is 19.5. The summed E-state index contributed by atoms with van der Waals surface area (Å²) in [6.07, 6.45) is 7.49. The highest BCUT2D eigenvalue weighted by Crippen LogP contribution is 2.35. The minimum absolute atomic E-state index is 0.628. The number of fused-ring (bicyclic) bond motifs is 1. The number of rotatable bonds is 6. The summed E-state index contributed by atoms with van der Waals surface area (Å²) in [5.41, 5.74) is 4.38. The minimum atomic E-state index is 0.628. The van der Waals surface area contributed by atoms with Crippen LogP contribution < -0.4 is 9.47 Å². The highest BCUT2D eigenvalue weighted by molar-refractivity contribution is 9.10. The summed E-state index contributed by atoms with van der Waals surface area (Å²) in [7, 11) is 1.69. The first kappa shape index (κ1) is 21.1. The maximum atomic E-state index is 6.21. The molecule has 0 amide bonds. The smallest absolute Gasteiger partial charge is 0.163 e. The molecule has 0 spiro atoms. The Bertz CT molecular complexity index is 1030. The predicted octanol–water partition coefficient (Wildman–Crippen LogP) is 6.51. The molecule has 0 aliphatic heterocycles. The van der Waals surface area contributed by atoms with Gasteiger partial charge in [0, 0.05) is 22.3 Å². The SMILES string of the molecule is COc1cc2c(Cc3ccc(Br)cc3C)ncnc2cc1OCC1CCC(C)CC1. The Balaban J connectivity index is 1.58. The van der Waals surface area contributed by atoms with Crippen molar-refractivity contribution in [3.63, 3.8) is 0 Å². The van der Waals surface area contributed by atoms with Gasteiger partial charge >= 0.3 is 0 Å². The van der Waals surface area contributed by atoms with Gasteiger partial charge in [-0.25, -0.2) is 9.97 Å². The van der Waals surface area contributed by atoms with Crippen LogP contribution in [0.1, 0.15) is 49.4 Å². The van der Waals surface area contributed by atoms with E-state index in [9.17, 15) is 0 Å². The number of hydrogen-bond donors (Lipinski definition) is 0. The highest BCUT2D eigenvalue weighted by atomic mass is 79.9. The van der Waals surface area contributed by atoms with E-state index in [0.717, 1.165) is 51.5 Å². The molecule has 1 aliphatic rings. The maximum Gasteiger partial charge on any atom is 0.163 e. The first-order chi connectivity index (χ1) is 14.5. The molecule has 158 valence electrons. The topological polar surface area (TPSA) is 44.2 Å². The van der Waals surface area contributed by atoms with Gasteiger partial charge in [0.2, 0.25) is 0 Å². The fourth-order valence-electron chi connectivity index (χ4n) is 4.27. The Morgan fingerprint density at radius 2 is 1.83 bits per heavy atom. The molecule has 0 atom stereocenters. The number of aryl methyl sites for hydroxylation is 1. The predicted molar refractivity (Wildman–Crippen MR) is 124 cm³/mol. The highest BCUT2D eigenvalue weighted by Gasteiger charge is 2.20. The van der Waals surface area contributed by atoms with Crippen LogP contribution in [0, 0.1) is 18.8 Å². The average molecular weight is 469 g/mol. The van der Waals surface area contributed by atoms with Gasteiger partial charge in [0.1, 0.15) is 6.33 Å². The number of halogens is 1.